The van der Waals surface area contributed by atoms with E-state index in [1.165, 1.54) is 6.07 Å². The second kappa shape index (κ2) is 8.28. The average molecular weight is 425 g/mol. The Labute approximate surface area is 168 Å². The van der Waals surface area contributed by atoms with Crippen molar-refractivity contribution in [3.8, 4) is 5.69 Å². The van der Waals surface area contributed by atoms with Crippen molar-refractivity contribution in [3.05, 3.63) is 63.4 Å². The van der Waals surface area contributed by atoms with Crippen molar-refractivity contribution >= 4 is 40.2 Å². The highest BCUT2D eigenvalue weighted by atomic mass is 35.5. The van der Waals surface area contributed by atoms with Crippen molar-refractivity contribution in [1.82, 2.24) is 9.55 Å². The second-order valence-electron chi connectivity index (χ2n) is 6.12. The fourth-order valence-electron chi connectivity index (χ4n) is 2.53. The first-order valence-corrected chi connectivity index (χ1v) is 9.62. The summed E-state index contributed by atoms with van der Waals surface area (Å²) >= 11 is 6.89. The Balaban J connectivity index is 2.16. The molecule has 0 N–H and O–H groups in total. The van der Waals surface area contributed by atoms with Gasteiger partial charge in [0.1, 0.15) is 11.6 Å². The molecule has 5 nitrogen and oxygen atoms in total. The summed E-state index contributed by atoms with van der Waals surface area (Å²) < 4.78 is 33.8. The third-order valence-corrected chi connectivity index (χ3v) is 4.78. The lowest BCUT2D eigenvalue weighted by Crippen LogP contribution is -2.23. The van der Waals surface area contributed by atoms with Crippen LogP contribution < -0.4 is 5.56 Å². The minimum absolute atomic E-state index is 0.0750. The molecule has 0 aliphatic heterocycles. The molecule has 0 bridgehead atoms. The van der Waals surface area contributed by atoms with E-state index in [0.29, 0.717) is 16.6 Å². The van der Waals surface area contributed by atoms with Gasteiger partial charge in [-0.25, -0.2) is 13.8 Å². The fourth-order valence-corrected chi connectivity index (χ4v) is 3.49. The number of hydrogen-bond donors (Lipinski definition) is 0. The SMILES string of the molecule is CC(C)OC(=O)CSc1nc2ccc(Cl)cc2c(=O)n1-c1ccc(F)cc1F. The molecule has 3 rings (SSSR count). The third-order valence-electron chi connectivity index (χ3n) is 3.64. The van der Waals surface area contributed by atoms with Crippen LogP contribution in [0.25, 0.3) is 16.6 Å². The van der Waals surface area contributed by atoms with Crippen molar-refractivity contribution in [2.45, 2.75) is 25.1 Å². The predicted octanol–water partition coefficient (Wildman–Crippen LogP) is 4.36. The molecule has 1 heterocycles. The highest BCUT2D eigenvalue weighted by Crippen LogP contribution is 2.24. The van der Waals surface area contributed by atoms with Crippen molar-refractivity contribution < 1.29 is 18.3 Å². The molecule has 0 amide bonds. The molecule has 0 saturated carbocycles. The predicted molar refractivity (Wildman–Crippen MR) is 104 cm³/mol. The molecule has 0 aliphatic rings. The summed E-state index contributed by atoms with van der Waals surface area (Å²) in [6.07, 6.45) is -0.295. The summed E-state index contributed by atoms with van der Waals surface area (Å²) in [5.74, 6) is -2.35. The number of hydrogen-bond acceptors (Lipinski definition) is 5. The van der Waals surface area contributed by atoms with Gasteiger partial charge in [-0.3, -0.25) is 14.2 Å². The van der Waals surface area contributed by atoms with Crippen LogP contribution in [0.4, 0.5) is 8.78 Å². The van der Waals surface area contributed by atoms with Crippen molar-refractivity contribution in [2.24, 2.45) is 0 Å². The monoisotopic (exact) mass is 424 g/mol. The first-order chi connectivity index (χ1) is 13.3. The summed E-state index contributed by atoms with van der Waals surface area (Å²) in [6, 6.07) is 7.40. The van der Waals surface area contributed by atoms with E-state index in [2.05, 4.69) is 4.98 Å². The summed E-state index contributed by atoms with van der Waals surface area (Å²) in [5, 5.41) is 0.565. The zero-order chi connectivity index (χ0) is 20.4. The Morgan fingerprint density at radius 1 is 1.25 bits per heavy atom. The first-order valence-electron chi connectivity index (χ1n) is 8.26. The van der Waals surface area contributed by atoms with Gasteiger partial charge in [0.15, 0.2) is 5.16 Å². The van der Waals surface area contributed by atoms with Crippen LogP contribution in [0.1, 0.15) is 13.8 Å². The van der Waals surface area contributed by atoms with E-state index in [-0.39, 0.29) is 28.1 Å². The van der Waals surface area contributed by atoms with Crippen molar-refractivity contribution in [3.63, 3.8) is 0 Å². The molecule has 3 aromatic rings. The molecule has 9 heteroatoms. The Bertz CT molecular complexity index is 1120. The minimum Gasteiger partial charge on any atom is -0.462 e. The van der Waals surface area contributed by atoms with Crippen LogP contribution in [0, 0.1) is 11.6 Å². The van der Waals surface area contributed by atoms with Crippen LogP contribution >= 0.6 is 23.4 Å². The van der Waals surface area contributed by atoms with E-state index in [1.807, 2.05) is 0 Å². The van der Waals surface area contributed by atoms with Gasteiger partial charge >= 0.3 is 5.97 Å². The molecule has 1 aromatic heterocycles. The van der Waals surface area contributed by atoms with E-state index in [9.17, 15) is 18.4 Å². The molecule has 0 spiro atoms. The van der Waals surface area contributed by atoms with Crippen LogP contribution in [0.5, 0.6) is 0 Å². The van der Waals surface area contributed by atoms with Gasteiger partial charge in [-0.05, 0) is 44.2 Å². The summed E-state index contributed by atoms with van der Waals surface area (Å²) in [7, 11) is 0. The number of fused-ring (bicyclic) bond motifs is 1. The molecule has 0 radical (unpaired) electrons. The molecule has 0 atom stereocenters. The molecular weight excluding hydrogens is 410 g/mol. The van der Waals surface area contributed by atoms with Gasteiger partial charge in [0.25, 0.3) is 5.56 Å². The first kappa shape index (κ1) is 20.3. The van der Waals surface area contributed by atoms with Gasteiger partial charge in [0.05, 0.1) is 28.4 Å². The van der Waals surface area contributed by atoms with E-state index in [0.717, 1.165) is 28.5 Å². The molecule has 0 unspecified atom stereocenters. The summed E-state index contributed by atoms with van der Waals surface area (Å²) in [5.41, 5.74) is -0.425. The zero-order valence-electron chi connectivity index (χ0n) is 14.9. The smallest absolute Gasteiger partial charge is 0.316 e. The summed E-state index contributed by atoms with van der Waals surface area (Å²) in [6.45, 7) is 3.43. The lowest BCUT2D eigenvalue weighted by atomic mass is 10.2. The number of nitrogens with zero attached hydrogens (tertiary/aromatic N) is 2. The molecule has 2 aromatic carbocycles. The number of ether oxygens (including phenoxy) is 1. The Morgan fingerprint density at radius 3 is 2.68 bits per heavy atom. The third kappa shape index (κ3) is 4.34. The molecular formula is C19H15ClF2N2O3S. The van der Waals surface area contributed by atoms with E-state index >= 15 is 0 Å². The van der Waals surface area contributed by atoms with Gasteiger partial charge in [0, 0.05) is 11.1 Å². The molecule has 146 valence electrons. The topological polar surface area (TPSA) is 61.2 Å². The van der Waals surface area contributed by atoms with Crippen LogP contribution in [0.2, 0.25) is 5.02 Å². The average Bonchev–Trinajstić information content (AvgIpc) is 2.61. The molecule has 0 saturated heterocycles. The highest BCUT2D eigenvalue weighted by molar-refractivity contribution is 7.99. The van der Waals surface area contributed by atoms with Crippen LogP contribution in [0.15, 0.2) is 46.3 Å². The van der Waals surface area contributed by atoms with Crippen LogP contribution in [0.3, 0.4) is 0 Å². The van der Waals surface area contributed by atoms with Gasteiger partial charge < -0.3 is 4.74 Å². The van der Waals surface area contributed by atoms with E-state index < -0.39 is 23.2 Å². The molecule has 0 aliphatic carbocycles. The number of aromatic nitrogens is 2. The van der Waals surface area contributed by atoms with Crippen molar-refractivity contribution in [2.75, 3.05) is 5.75 Å². The van der Waals surface area contributed by atoms with E-state index in [1.54, 1.807) is 26.0 Å². The van der Waals surface area contributed by atoms with Gasteiger partial charge in [-0.2, -0.15) is 0 Å². The maximum atomic E-state index is 14.4. The Morgan fingerprint density at radius 2 is 2.00 bits per heavy atom. The number of benzene rings is 2. The Hall–Kier alpha value is -2.45. The lowest BCUT2D eigenvalue weighted by Gasteiger charge is -2.14. The number of halogens is 3. The second-order valence-corrected chi connectivity index (χ2v) is 7.50. The standard InChI is InChI=1S/C19H15ClF2N2O3S/c1-10(2)27-17(25)9-28-19-23-15-5-3-11(20)7-13(15)18(26)24(19)16-6-4-12(21)8-14(16)22/h3-8,10H,9H2,1-2H3. The fraction of sp³-hybridized carbons (Fsp3) is 0.211. The van der Waals surface area contributed by atoms with Crippen LogP contribution in [-0.2, 0) is 9.53 Å². The van der Waals surface area contributed by atoms with Gasteiger partial charge in [-0.1, -0.05) is 23.4 Å². The quantitative estimate of drug-likeness (QED) is 0.346. The minimum atomic E-state index is -0.933. The van der Waals surface area contributed by atoms with Crippen LogP contribution in [-0.4, -0.2) is 27.4 Å². The number of carbonyl (C=O) groups is 1. The molecule has 28 heavy (non-hydrogen) atoms. The number of esters is 1. The Kier molecular flexibility index (Phi) is 6.00. The zero-order valence-corrected chi connectivity index (χ0v) is 16.5. The number of rotatable bonds is 5. The van der Waals surface area contributed by atoms with E-state index in [4.69, 9.17) is 16.3 Å². The van der Waals surface area contributed by atoms with Gasteiger partial charge in [0.2, 0.25) is 0 Å². The summed E-state index contributed by atoms with van der Waals surface area (Å²) in [4.78, 5) is 29.3. The maximum Gasteiger partial charge on any atom is 0.316 e. The van der Waals surface area contributed by atoms with Gasteiger partial charge in [-0.15, -0.1) is 0 Å². The largest absolute Gasteiger partial charge is 0.462 e. The number of thioether (sulfide) groups is 1. The lowest BCUT2D eigenvalue weighted by molar-refractivity contribution is -0.144. The normalized spacial score (nSPS) is 11.2. The number of carbonyl (C=O) groups excluding carboxylic acids is 1. The maximum absolute atomic E-state index is 14.4. The molecule has 0 fully saturated rings. The highest BCUT2D eigenvalue weighted by Gasteiger charge is 2.18. The van der Waals surface area contributed by atoms with Crippen molar-refractivity contribution in [1.29, 1.82) is 0 Å².